The second kappa shape index (κ2) is 5.33. The van der Waals surface area contributed by atoms with Crippen molar-refractivity contribution in [2.75, 3.05) is 13.1 Å². The topological polar surface area (TPSA) is 37.4 Å². The Labute approximate surface area is 121 Å². The van der Waals surface area contributed by atoms with Gasteiger partial charge in [0.15, 0.2) is 0 Å². The van der Waals surface area contributed by atoms with Crippen molar-refractivity contribution in [2.24, 2.45) is 0 Å². The third-order valence-corrected chi connectivity index (χ3v) is 5.63. The highest BCUT2D eigenvalue weighted by atomic mass is 79.9. The number of hydrogen-bond acceptors (Lipinski definition) is 2. The molecule has 0 saturated heterocycles. The molecule has 0 atom stereocenters. The van der Waals surface area contributed by atoms with Crippen LogP contribution in [0.15, 0.2) is 39.2 Å². The molecule has 3 nitrogen and oxygen atoms in total. The van der Waals surface area contributed by atoms with E-state index >= 15 is 0 Å². The predicted molar refractivity (Wildman–Crippen MR) is 76.3 cm³/mol. The van der Waals surface area contributed by atoms with Crippen LogP contribution in [-0.4, -0.2) is 25.8 Å². The maximum Gasteiger partial charge on any atom is 0.244 e. The number of benzene rings is 1. The Morgan fingerprint density at radius 2 is 2.11 bits per heavy atom. The first-order chi connectivity index (χ1) is 8.41. The first-order valence-corrected chi connectivity index (χ1v) is 8.13. The lowest BCUT2D eigenvalue weighted by atomic mass is 10.2. The van der Waals surface area contributed by atoms with Crippen LogP contribution < -0.4 is 0 Å². The minimum atomic E-state index is -3.50. The van der Waals surface area contributed by atoms with Crippen LogP contribution in [0.25, 0.3) is 0 Å². The second-order valence-electron chi connectivity index (χ2n) is 4.25. The summed E-state index contributed by atoms with van der Waals surface area (Å²) in [5.74, 6) is 0. The average Bonchev–Trinajstić information content (AvgIpc) is 2.28. The Morgan fingerprint density at radius 1 is 1.39 bits per heavy atom. The fourth-order valence-electron chi connectivity index (χ4n) is 1.91. The molecule has 0 spiro atoms. The van der Waals surface area contributed by atoms with Crippen molar-refractivity contribution in [2.45, 2.75) is 18.2 Å². The molecular formula is C12H13BrClNO2S. The number of hydrogen-bond donors (Lipinski definition) is 0. The van der Waals surface area contributed by atoms with Crippen LogP contribution in [0.5, 0.6) is 0 Å². The van der Waals surface area contributed by atoms with Crippen LogP contribution in [0, 0.1) is 0 Å². The van der Waals surface area contributed by atoms with Crippen LogP contribution in [0.1, 0.15) is 13.3 Å². The minimum Gasteiger partial charge on any atom is -0.207 e. The highest BCUT2D eigenvalue weighted by Gasteiger charge is 2.27. The van der Waals surface area contributed by atoms with Crippen LogP contribution in [0.2, 0.25) is 5.02 Å². The van der Waals surface area contributed by atoms with Gasteiger partial charge in [-0.2, -0.15) is 4.31 Å². The summed E-state index contributed by atoms with van der Waals surface area (Å²) < 4.78 is 27.2. The highest BCUT2D eigenvalue weighted by Crippen LogP contribution is 2.29. The Bertz CT molecular complexity index is 598. The van der Waals surface area contributed by atoms with Crippen molar-refractivity contribution in [3.8, 4) is 0 Å². The molecule has 6 heteroatoms. The largest absolute Gasteiger partial charge is 0.244 e. The first-order valence-electron chi connectivity index (χ1n) is 5.52. The van der Waals surface area contributed by atoms with Gasteiger partial charge in [-0.05, 0) is 31.5 Å². The number of rotatable bonds is 2. The smallest absolute Gasteiger partial charge is 0.207 e. The summed E-state index contributed by atoms with van der Waals surface area (Å²) in [5, 5.41) is 0.247. The molecule has 0 N–H and O–H groups in total. The van der Waals surface area contributed by atoms with Crippen molar-refractivity contribution >= 4 is 37.6 Å². The number of nitrogens with zero attached hydrogens (tertiary/aromatic N) is 1. The van der Waals surface area contributed by atoms with Gasteiger partial charge >= 0.3 is 0 Å². The van der Waals surface area contributed by atoms with Gasteiger partial charge in [0.25, 0.3) is 0 Å². The maximum absolute atomic E-state index is 12.5. The van der Waals surface area contributed by atoms with Crippen molar-refractivity contribution < 1.29 is 8.42 Å². The van der Waals surface area contributed by atoms with E-state index in [1.54, 1.807) is 12.1 Å². The van der Waals surface area contributed by atoms with Gasteiger partial charge in [-0.1, -0.05) is 39.2 Å². The normalized spacial score (nSPS) is 17.6. The Morgan fingerprint density at radius 3 is 2.72 bits per heavy atom. The van der Waals surface area contributed by atoms with E-state index in [2.05, 4.69) is 22.0 Å². The number of halogens is 2. The summed E-state index contributed by atoms with van der Waals surface area (Å²) in [6.07, 6.45) is 2.81. The van der Waals surface area contributed by atoms with E-state index in [0.29, 0.717) is 13.1 Å². The van der Waals surface area contributed by atoms with E-state index in [1.807, 2.05) is 6.92 Å². The van der Waals surface area contributed by atoms with Crippen LogP contribution in [-0.2, 0) is 10.0 Å². The molecule has 1 heterocycles. The van der Waals surface area contributed by atoms with Gasteiger partial charge in [0.05, 0.1) is 5.02 Å². The zero-order valence-corrected chi connectivity index (χ0v) is 13.0. The molecule has 1 aromatic carbocycles. The average molecular weight is 351 g/mol. The lowest BCUT2D eigenvalue weighted by molar-refractivity contribution is 0.428. The molecule has 0 unspecified atom stereocenters. The van der Waals surface area contributed by atoms with Gasteiger partial charge in [-0.15, -0.1) is 0 Å². The molecule has 0 fully saturated rings. The first kappa shape index (κ1) is 14.1. The molecule has 0 bridgehead atoms. The second-order valence-corrected chi connectivity index (χ2v) is 7.48. The lowest BCUT2D eigenvalue weighted by Crippen LogP contribution is -2.35. The van der Waals surface area contributed by atoms with Crippen LogP contribution in [0.3, 0.4) is 0 Å². The van der Waals surface area contributed by atoms with Crippen molar-refractivity contribution in [3.05, 3.63) is 39.3 Å². The Balaban J connectivity index is 2.39. The monoisotopic (exact) mass is 349 g/mol. The van der Waals surface area contributed by atoms with Crippen LogP contribution in [0.4, 0.5) is 0 Å². The van der Waals surface area contributed by atoms with E-state index in [1.165, 1.54) is 10.4 Å². The molecule has 0 amide bonds. The summed E-state index contributed by atoms with van der Waals surface area (Å²) in [4.78, 5) is 0.169. The van der Waals surface area contributed by atoms with Gasteiger partial charge < -0.3 is 0 Å². The van der Waals surface area contributed by atoms with Crippen LogP contribution >= 0.6 is 27.5 Å². The van der Waals surface area contributed by atoms with E-state index in [4.69, 9.17) is 11.6 Å². The van der Waals surface area contributed by atoms with Gasteiger partial charge in [-0.25, -0.2) is 8.42 Å². The molecule has 0 aliphatic carbocycles. The SMILES string of the molecule is CC1=CCCN(S(=O)(=O)c2ccc(Br)cc2Cl)C1. The third kappa shape index (κ3) is 2.79. The van der Waals surface area contributed by atoms with Gasteiger partial charge in [0.2, 0.25) is 10.0 Å². The van der Waals surface area contributed by atoms with Gasteiger partial charge in [0.1, 0.15) is 4.90 Å². The molecule has 2 rings (SSSR count). The fraction of sp³-hybridized carbons (Fsp3) is 0.333. The predicted octanol–water partition coefficient (Wildman–Crippen LogP) is 3.44. The minimum absolute atomic E-state index is 0.169. The molecule has 98 valence electrons. The molecular weight excluding hydrogens is 338 g/mol. The van der Waals surface area contributed by atoms with E-state index in [-0.39, 0.29) is 9.92 Å². The molecule has 0 radical (unpaired) electrons. The standard InChI is InChI=1S/C12H13BrClNO2S/c1-9-3-2-6-15(8-9)18(16,17)12-5-4-10(13)7-11(12)14/h3-5,7H,2,6,8H2,1H3. The quantitative estimate of drug-likeness (QED) is 0.766. The molecule has 0 aromatic heterocycles. The summed E-state index contributed by atoms with van der Waals surface area (Å²) in [7, 11) is -3.50. The van der Waals surface area contributed by atoms with E-state index in [9.17, 15) is 8.42 Å². The molecule has 18 heavy (non-hydrogen) atoms. The molecule has 1 aromatic rings. The summed E-state index contributed by atoms with van der Waals surface area (Å²) in [6.45, 7) is 2.88. The summed E-state index contributed by atoms with van der Waals surface area (Å²) >= 11 is 9.29. The lowest BCUT2D eigenvalue weighted by Gasteiger charge is -2.25. The molecule has 1 aliphatic heterocycles. The van der Waals surface area contributed by atoms with E-state index < -0.39 is 10.0 Å². The molecule has 1 aliphatic rings. The maximum atomic E-state index is 12.5. The van der Waals surface area contributed by atoms with Gasteiger partial charge in [0, 0.05) is 17.6 Å². The zero-order chi connectivity index (χ0) is 13.3. The van der Waals surface area contributed by atoms with E-state index in [0.717, 1.165) is 16.5 Å². The molecule has 0 saturated carbocycles. The third-order valence-electron chi connectivity index (χ3n) is 2.81. The summed E-state index contributed by atoms with van der Waals surface area (Å²) in [5.41, 5.74) is 1.07. The van der Waals surface area contributed by atoms with Crippen molar-refractivity contribution in [3.63, 3.8) is 0 Å². The number of sulfonamides is 1. The summed E-state index contributed by atoms with van der Waals surface area (Å²) in [6, 6.07) is 4.82. The Hall–Kier alpha value is -0.360. The van der Waals surface area contributed by atoms with Crippen molar-refractivity contribution in [1.29, 1.82) is 0 Å². The van der Waals surface area contributed by atoms with Crippen molar-refractivity contribution in [1.82, 2.24) is 4.31 Å². The highest BCUT2D eigenvalue weighted by molar-refractivity contribution is 9.10. The van der Waals surface area contributed by atoms with Gasteiger partial charge in [-0.3, -0.25) is 0 Å². The fourth-order valence-corrected chi connectivity index (χ4v) is 4.41. The zero-order valence-electron chi connectivity index (χ0n) is 9.86. The Kier molecular flexibility index (Phi) is 4.16.